The second-order valence-corrected chi connectivity index (χ2v) is 9.20. The van der Waals surface area contributed by atoms with Crippen molar-refractivity contribution in [3.05, 3.63) is 29.3 Å². The number of amides is 1. The van der Waals surface area contributed by atoms with Crippen LogP contribution in [0.15, 0.2) is 18.2 Å². The van der Waals surface area contributed by atoms with Gasteiger partial charge in [-0.15, -0.1) is 0 Å². The molecule has 4 rings (SSSR count). The van der Waals surface area contributed by atoms with Gasteiger partial charge in [-0.05, 0) is 94.5 Å². The summed E-state index contributed by atoms with van der Waals surface area (Å²) >= 11 is 0. The van der Waals surface area contributed by atoms with E-state index in [2.05, 4.69) is 42.3 Å². The first-order chi connectivity index (χ1) is 12.4. The fourth-order valence-corrected chi connectivity index (χ4v) is 5.15. The molecule has 1 aromatic rings. The van der Waals surface area contributed by atoms with Gasteiger partial charge in [0.15, 0.2) is 0 Å². The van der Waals surface area contributed by atoms with Crippen LogP contribution in [0, 0.1) is 5.41 Å². The van der Waals surface area contributed by atoms with E-state index in [-0.39, 0.29) is 11.5 Å². The van der Waals surface area contributed by atoms with Crippen molar-refractivity contribution in [3.63, 3.8) is 0 Å². The highest BCUT2D eigenvalue weighted by molar-refractivity contribution is 5.93. The number of fused-ring (bicyclic) bond motifs is 1. The number of hydrogen-bond donors (Lipinski definition) is 1. The van der Waals surface area contributed by atoms with Crippen molar-refractivity contribution in [2.24, 2.45) is 5.41 Å². The minimum atomic E-state index is 0.0198. The number of likely N-dealkylation sites (tertiary alicyclic amines) is 1. The number of hydrogen-bond acceptors (Lipinski definition) is 3. The van der Waals surface area contributed by atoms with Crippen LogP contribution in [0.3, 0.4) is 0 Å². The van der Waals surface area contributed by atoms with E-state index in [9.17, 15) is 4.79 Å². The normalized spacial score (nSPS) is 24.4. The minimum absolute atomic E-state index is 0.0198. The molecule has 4 heteroatoms. The van der Waals surface area contributed by atoms with Crippen molar-refractivity contribution in [1.29, 1.82) is 0 Å². The molecule has 26 heavy (non-hydrogen) atoms. The number of aryl methyl sites for hydroxylation is 1. The molecule has 4 nitrogen and oxygen atoms in total. The molecule has 1 aliphatic carbocycles. The summed E-state index contributed by atoms with van der Waals surface area (Å²) in [6, 6.07) is 6.34. The number of benzene rings is 1. The molecule has 3 aliphatic rings. The van der Waals surface area contributed by atoms with Crippen molar-refractivity contribution in [3.8, 4) is 0 Å². The molecule has 2 heterocycles. The molecule has 142 valence electrons. The third kappa shape index (κ3) is 3.81. The maximum absolute atomic E-state index is 12.6. The Morgan fingerprint density at radius 2 is 1.96 bits per heavy atom. The highest BCUT2D eigenvalue weighted by atomic mass is 16.5. The lowest BCUT2D eigenvalue weighted by molar-refractivity contribution is -0.117. The minimum Gasteiger partial charge on any atom is -0.375 e. The van der Waals surface area contributed by atoms with Crippen LogP contribution < -0.4 is 5.32 Å². The van der Waals surface area contributed by atoms with Crippen molar-refractivity contribution < 1.29 is 9.53 Å². The number of anilines is 1. The van der Waals surface area contributed by atoms with E-state index in [1.54, 1.807) is 0 Å². The highest BCUT2D eigenvalue weighted by Crippen LogP contribution is 2.46. The molecule has 1 spiro atoms. The van der Waals surface area contributed by atoms with Crippen molar-refractivity contribution in [1.82, 2.24) is 4.90 Å². The van der Waals surface area contributed by atoms with Crippen LogP contribution in [0.25, 0.3) is 0 Å². The molecule has 0 atom stereocenters. The average molecular weight is 357 g/mol. The number of nitrogens with one attached hydrogen (secondary N) is 1. The van der Waals surface area contributed by atoms with Gasteiger partial charge in [-0.3, -0.25) is 9.69 Å². The maximum atomic E-state index is 12.6. The van der Waals surface area contributed by atoms with E-state index in [1.807, 2.05) is 0 Å². The summed E-state index contributed by atoms with van der Waals surface area (Å²) in [6.45, 7) is 7.78. The first-order valence-corrected chi connectivity index (χ1v) is 10.2. The van der Waals surface area contributed by atoms with Gasteiger partial charge in [-0.2, -0.15) is 0 Å². The van der Waals surface area contributed by atoms with Crippen LogP contribution in [0.4, 0.5) is 5.69 Å². The predicted octanol–water partition coefficient (Wildman–Crippen LogP) is 3.79. The fourth-order valence-electron chi connectivity index (χ4n) is 5.15. The van der Waals surface area contributed by atoms with E-state index in [0.29, 0.717) is 12.0 Å². The Hall–Kier alpha value is -1.39. The first kappa shape index (κ1) is 18.0. The number of nitrogens with zero attached hydrogens (tertiary/aromatic N) is 1. The summed E-state index contributed by atoms with van der Waals surface area (Å²) in [7, 11) is 0. The summed E-state index contributed by atoms with van der Waals surface area (Å²) < 4.78 is 5.98. The van der Waals surface area contributed by atoms with Gasteiger partial charge < -0.3 is 10.1 Å². The molecular weight excluding hydrogens is 324 g/mol. The van der Waals surface area contributed by atoms with Gasteiger partial charge in [-0.25, -0.2) is 0 Å². The topological polar surface area (TPSA) is 41.6 Å². The Morgan fingerprint density at radius 1 is 1.19 bits per heavy atom. The summed E-state index contributed by atoms with van der Waals surface area (Å²) in [5.74, 6) is 0.128. The number of rotatable bonds is 3. The molecule has 0 unspecified atom stereocenters. The zero-order valence-electron chi connectivity index (χ0n) is 16.3. The SMILES string of the molecule is CC1(C)CC2(CCN(CC(=O)Nc3cccc4c3CCCC4)CC2)CO1. The Kier molecular flexibility index (Phi) is 4.83. The zero-order chi connectivity index (χ0) is 18.2. The highest BCUT2D eigenvalue weighted by Gasteiger charge is 2.45. The van der Waals surface area contributed by atoms with Crippen molar-refractivity contribution in [2.75, 3.05) is 31.6 Å². The number of carbonyl (C=O) groups excluding carboxylic acids is 1. The van der Waals surface area contributed by atoms with Crippen LogP contribution in [-0.4, -0.2) is 42.6 Å². The summed E-state index contributed by atoms with van der Waals surface area (Å²) in [5, 5.41) is 3.19. The molecule has 2 fully saturated rings. The summed E-state index contributed by atoms with van der Waals surface area (Å²) in [6.07, 6.45) is 8.16. The Balaban J connectivity index is 1.31. The molecule has 0 saturated carbocycles. The Morgan fingerprint density at radius 3 is 2.69 bits per heavy atom. The Labute approximate surface area is 157 Å². The zero-order valence-corrected chi connectivity index (χ0v) is 16.3. The van der Waals surface area contributed by atoms with E-state index in [1.165, 1.54) is 24.0 Å². The number of carbonyl (C=O) groups is 1. The second-order valence-electron chi connectivity index (χ2n) is 9.20. The summed E-state index contributed by atoms with van der Waals surface area (Å²) in [4.78, 5) is 14.9. The molecule has 2 aliphatic heterocycles. The van der Waals surface area contributed by atoms with E-state index < -0.39 is 0 Å². The van der Waals surface area contributed by atoms with Gasteiger partial charge in [0.2, 0.25) is 5.91 Å². The lowest BCUT2D eigenvalue weighted by atomic mass is 9.74. The second kappa shape index (κ2) is 6.97. The summed E-state index contributed by atoms with van der Waals surface area (Å²) in [5.41, 5.74) is 4.17. The smallest absolute Gasteiger partial charge is 0.238 e. The Bertz CT molecular complexity index is 675. The molecule has 0 bridgehead atoms. The van der Waals surface area contributed by atoms with Crippen LogP contribution in [0.5, 0.6) is 0 Å². The number of piperidine rings is 1. The van der Waals surface area contributed by atoms with Gasteiger partial charge in [0.05, 0.1) is 18.8 Å². The van der Waals surface area contributed by atoms with Gasteiger partial charge in [-0.1, -0.05) is 12.1 Å². The third-order valence-corrected chi connectivity index (χ3v) is 6.52. The fraction of sp³-hybridized carbons (Fsp3) is 0.682. The van der Waals surface area contributed by atoms with E-state index in [4.69, 9.17) is 4.74 Å². The van der Waals surface area contributed by atoms with Crippen LogP contribution in [0.1, 0.15) is 57.1 Å². The van der Waals surface area contributed by atoms with Gasteiger partial charge >= 0.3 is 0 Å². The number of ether oxygens (including phenoxy) is 1. The quantitative estimate of drug-likeness (QED) is 0.896. The molecule has 1 aromatic carbocycles. The van der Waals surface area contributed by atoms with Crippen LogP contribution >= 0.6 is 0 Å². The largest absolute Gasteiger partial charge is 0.375 e. The van der Waals surface area contributed by atoms with Gasteiger partial charge in [0.1, 0.15) is 0 Å². The van der Waals surface area contributed by atoms with Crippen LogP contribution in [-0.2, 0) is 22.4 Å². The molecule has 0 aromatic heterocycles. The molecular formula is C22H32N2O2. The lowest BCUT2D eigenvalue weighted by Crippen LogP contribution is -2.44. The predicted molar refractivity (Wildman–Crippen MR) is 104 cm³/mol. The average Bonchev–Trinajstić information content (AvgIpc) is 2.92. The maximum Gasteiger partial charge on any atom is 0.238 e. The monoisotopic (exact) mass is 356 g/mol. The third-order valence-electron chi connectivity index (χ3n) is 6.52. The first-order valence-electron chi connectivity index (χ1n) is 10.2. The van der Waals surface area contributed by atoms with E-state index >= 15 is 0 Å². The van der Waals surface area contributed by atoms with Crippen LogP contribution in [0.2, 0.25) is 0 Å². The molecule has 1 amide bonds. The van der Waals surface area contributed by atoms with Gasteiger partial charge in [0, 0.05) is 5.69 Å². The lowest BCUT2D eigenvalue weighted by Gasteiger charge is -2.38. The standard InChI is InChI=1S/C22H32N2O2/c1-21(2)15-22(16-26-21)10-12-24(13-11-22)14-20(25)23-19-9-5-7-17-6-3-4-8-18(17)19/h5,7,9H,3-4,6,8,10-16H2,1-2H3,(H,23,25). The van der Waals surface area contributed by atoms with Gasteiger partial charge in [0.25, 0.3) is 0 Å². The molecule has 2 saturated heterocycles. The molecule has 1 N–H and O–H groups in total. The van der Waals surface area contributed by atoms with Crippen molar-refractivity contribution >= 4 is 11.6 Å². The molecule has 0 radical (unpaired) electrons. The van der Waals surface area contributed by atoms with E-state index in [0.717, 1.165) is 57.5 Å². The van der Waals surface area contributed by atoms with Crippen molar-refractivity contribution in [2.45, 2.75) is 64.4 Å².